The Morgan fingerprint density at radius 1 is 1.42 bits per heavy atom. The molecule has 0 heterocycles. The molecule has 1 aromatic carbocycles. The number of anilines is 1. The first-order valence-corrected chi connectivity index (χ1v) is 8.15. The molecule has 128 valence electrons. The molecule has 24 heavy (non-hydrogen) atoms. The molecule has 0 aliphatic heterocycles. The first-order chi connectivity index (χ1) is 11.6. The zero-order chi connectivity index (χ0) is 17.4. The van der Waals surface area contributed by atoms with Crippen molar-refractivity contribution in [1.82, 2.24) is 10.6 Å². The SMILES string of the molecule is CC1C=CC=C(CN/C(=C\c2cccc(N)c2)C(=O)NCCO)C1. The molecule has 1 aliphatic rings. The summed E-state index contributed by atoms with van der Waals surface area (Å²) in [5, 5.41) is 14.8. The smallest absolute Gasteiger partial charge is 0.267 e. The lowest BCUT2D eigenvalue weighted by atomic mass is 9.96. The molecule has 5 nitrogen and oxygen atoms in total. The van der Waals surface area contributed by atoms with Crippen LogP contribution in [-0.2, 0) is 4.79 Å². The standard InChI is InChI=1S/C19H25N3O2/c1-14-4-2-6-16(10-14)13-22-18(19(24)21-8-9-23)12-15-5-3-7-17(20)11-15/h2-7,11-12,14,22-23H,8-10,13,20H2,1H3,(H,21,24)/b18-12-. The summed E-state index contributed by atoms with van der Waals surface area (Å²) < 4.78 is 0. The van der Waals surface area contributed by atoms with Crippen molar-refractivity contribution in [3.63, 3.8) is 0 Å². The third kappa shape index (κ3) is 5.59. The molecule has 1 atom stereocenters. The number of amides is 1. The summed E-state index contributed by atoms with van der Waals surface area (Å²) in [5.41, 5.74) is 9.00. The Morgan fingerprint density at radius 2 is 2.25 bits per heavy atom. The number of nitrogens with one attached hydrogen (secondary N) is 2. The molecular formula is C19H25N3O2. The molecule has 0 saturated carbocycles. The molecule has 0 spiro atoms. The lowest BCUT2D eigenvalue weighted by Gasteiger charge is -2.17. The highest BCUT2D eigenvalue weighted by molar-refractivity contribution is 5.97. The van der Waals surface area contributed by atoms with Crippen molar-refractivity contribution in [3.8, 4) is 0 Å². The van der Waals surface area contributed by atoms with Gasteiger partial charge >= 0.3 is 0 Å². The number of nitrogens with two attached hydrogens (primary N) is 1. The first-order valence-electron chi connectivity index (χ1n) is 8.15. The van der Waals surface area contributed by atoms with Crippen molar-refractivity contribution < 1.29 is 9.90 Å². The molecule has 5 N–H and O–H groups in total. The molecule has 0 bridgehead atoms. The van der Waals surface area contributed by atoms with E-state index in [0.29, 0.717) is 23.8 Å². The zero-order valence-corrected chi connectivity index (χ0v) is 14.0. The second kappa shape index (κ2) is 8.93. The molecule has 5 heteroatoms. The Hall–Kier alpha value is -2.53. The predicted molar refractivity (Wildman–Crippen MR) is 97.9 cm³/mol. The van der Waals surface area contributed by atoms with Crippen molar-refractivity contribution in [3.05, 3.63) is 59.3 Å². The maximum Gasteiger partial charge on any atom is 0.267 e. The van der Waals surface area contributed by atoms with Crippen LogP contribution in [0.15, 0.2) is 53.8 Å². The van der Waals surface area contributed by atoms with E-state index in [9.17, 15) is 4.79 Å². The summed E-state index contributed by atoms with van der Waals surface area (Å²) in [5.74, 6) is 0.267. The van der Waals surface area contributed by atoms with Crippen molar-refractivity contribution in [2.75, 3.05) is 25.4 Å². The second-order valence-electron chi connectivity index (χ2n) is 5.95. The van der Waals surface area contributed by atoms with Gasteiger partial charge in [-0.25, -0.2) is 0 Å². The molecule has 1 unspecified atom stereocenters. The number of hydrogen-bond donors (Lipinski definition) is 4. The number of allylic oxidation sites excluding steroid dienone is 3. The number of rotatable bonds is 7. The molecule has 1 aliphatic carbocycles. The third-order valence-corrected chi connectivity index (χ3v) is 3.73. The van der Waals surface area contributed by atoms with Crippen LogP contribution in [0.4, 0.5) is 5.69 Å². The number of carbonyl (C=O) groups excluding carboxylic acids is 1. The Balaban J connectivity index is 2.12. The van der Waals surface area contributed by atoms with Gasteiger partial charge in [0, 0.05) is 18.8 Å². The molecule has 1 aromatic rings. The third-order valence-electron chi connectivity index (χ3n) is 3.73. The van der Waals surface area contributed by atoms with Crippen LogP contribution in [0.3, 0.4) is 0 Å². The summed E-state index contributed by atoms with van der Waals surface area (Å²) in [6.07, 6.45) is 9.05. The van der Waals surface area contributed by atoms with Gasteiger partial charge in [-0.2, -0.15) is 0 Å². The van der Waals surface area contributed by atoms with E-state index in [1.54, 1.807) is 12.1 Å². The number of benzene rings is 1. The van der Waals surface area contributed by atoms with Gasteiger partial charge in [0.15, 0.2) is 0 Å². The molecule has 1 amide bonds. The quantitative estimate of drug-likeness (QED) is 0.454. The number of aliphatic hydroxyl groups excluding tert-OH is 1. The van der Waals surface area contributed by atoms with Crippen LogP contribution in [0.5, 0.6) is 0 Å². The Labute approximate surface area is 142 Å². The Kier molecular flexibility index (Phi) is 6.63. The number of aliphatic hydroxyl groups is 1. The van der Waals surface area contributed by atoms with Gasteiger partial charge in [-0.15, -0.1) is 0 Å². The number of hydrogen-bond acceptors (Lipinski definition) is 4. The van der Waals surface area contributed by atoms with Crippen molar-refractivity contribution in [2.24, 2.45) is 5.92 Å². The molecule has 0 radical (unpaired) electrons. The van der Waals surface area contributed by atoms with Crippen LogP contribution in [0, 0.1) is 5.92 Å². The minimum atomic E-state index is -0.244. The van der Waals surface area contributed by atoms with E-state index < -0.39 is 0 Å². The van der Waals surface area contributed by atoms with E-state index in [0.717, 1.165) is 12.0 Å². The Bertz CT molecular complexity index is 662. The zero-order valence-electron chi connectivity index (χ0n) is 14.0. The van der Waals surface area contributed by atoms with E-state index in [4.69, 9.17) is 10.8 Å². The summed E-state index contributed by atoms with van der Waals surface area (Å²) in [4.78, 5) is 12.3. The van der Waals surface area contributed by atoms with Gasteiger partial charge in [0.05, 0.1) is 6.61 Å². The van der Waals surface area contributed by atoms with Gasteiger partial charge < -0.3 is 21.5 Å². The summed E-state index contributed by atoms with van der Waals surface area (Å²) in [6.45, 7) is 2.90. The van der Waals surface area contributed by atoms with E-state index in [1.807, 2.05) is 18.2 Å². The minimum absolute atomic E-state index is 0.0925. The monoisotopic (exact) mass is 327 g/mol. The largest absolute Gasteiger partial charge is 0.399 e. The van der Waals surface area contributed by atoms with Crippen LogP contribution in [0.2, 0.25) is 0 Å². The molecule has 0 fully saturated rings. The van der Waals surface area contributed by atoms with Crippen molar-refractivity contribution in [2.45, 2.75) is 13.3 Å². The fourth-order valence-electron chi connectivity index (χ4n) is 2.55. The summed E-state index contributed by atoms with van der Waals surface area (Å²) in [6, 6.07) is 7.35. The van der Waals surface area contributed by atoms with Crippen molar-refractivity contribution in [1.29, 1.82) is 0 Å². The summed E-state index contributed by atoms with van der Waals surface area (Å²) >= 11 is 0. The van der Waals surface area contributed by atoms with Crippen LogP contribution in [0.1, 0.15) is 18.9 Å². The summed E-state index contributed by atoms with van der Waals surface area (Å²) in [7, 11) is 0. The maximum absolute atomic E-state index is 12.3. The number of carbonyl (C=O) groups is 1. The molecule has 0 aromatic heterocycles. The average molecular weight is 327 g/mol. The van der Waals surface area contributed by atoms with Crippen LogP contribution in [-0.4, -0.2) is 30.7 Å². The molecule has 0 saturated heterocycles. The topological polar surface area (TPSA) is 87.4 Å². The van der Waals surface area contributed by atoms with Crippen molar-refractivity contribution >= 4 is 17.7 Å². The lowest BCUT2D eigenvalue weighted by Crippen LogP contribution is -2.34. The van der Waals surface area contributed by atoms with Gasteiger partial charge in [0.25, 0.3) is 5.91 Å². The minimum Gasteiger partial charge on any atom is -0.399 e. The highest BCUT2D eigenvalue weighted by atomic mass is 16.3. The van der Waals surface area contributed by atoms with E-state index >= 15 is 0 Å². The first kappa shape index (κ1) is 17.8. The second-order valence-corrected chi connectivity index (χ2v) is 5.95. The maximum atomic E-state index is 12.3. The van der Waals surface area contributed by atoms with Gasteiger partial charge in [-0.05, 0) is 36.1 Å². The Morgan fingerprint density at radius 3 is 2.96 bits per heavy atom. The van der Waals surface area contributed by atoms with E-state index in [-0.39, 0.29) is 19.1 Å². The normalized spacial score (nSPS) is 17.3. The fraction of sp³-hybridized carbons (Fsp3) is 0.316. The van der Waals surface area contributed by atoms with E-state index in [2.05, 4.69) is 35.8 Å². The van der Waals surface area contributed by atoms with Gasteiger partial charge in [-0.1, -0.05) is 42.9 Å². The van der Waals surface area contributed by atoms with Crippen LogP contribution in [0.25, 0.3) is 6.08 Å². The highest BCUT2D eigenvalue weighted by Crippen LogP contribution is 2.17. The predicted octanol–water partition coefficient (Wildman–Crippen LogP) is 1.83. The number of nitrogen functional groups attached to an aromatic ring is 1. The molecule has 2 rings (SSSR count). The van der Waals surface area contributed by atoms with Gasteiger partial charge in [0.2, 0.25) is 0 Å². The van der Waals surface area contributed by atoms with E-state index in [1.165, 1.54) is 5.57 Å². The van der Waals surface area contributed by atoms with Crippen LogP contribution < -0.4 is 16.4 Å². The average Bonchev–Trinajstić information content (AvgIpc) is 2.56. The fourth-order valence-corrected chi connectivity index (χ4v) is 2.55. The van der Waals surface area contributed by atoms with Gasteiger partial charge in [0.1, 0.15) is 5.70 Å². The molecular weight excluding hydrogens is 302 g/mol. The van der Waals surface area contributed by atoms with Gasteiger partial charge in [-0.3, -0.25) is 4.79 Å². The highest BCUT2D eigenvalue weighted by Gasteiger charge is 2.11. The van der Waals surface area contributed by atoms with Crippen LogP contribution >= 0.6 is 0 Å². The lowest BCUT2D eigenvalue weighted by molar-refractivity contribution is -0.117.